The molecule has 1 aromatic carbocycles. The Balaban J connectivity index is 2.50. The van der Waals surface area contributed by atoms with E-state index in [1.807, 2.05) is 18.2 Å². The van der Waals surface area contributed by atoms with Gasteiger partial charge in [0.25, 0.3) is 0 Å². The molecule has 0 aliphatic heterocycles. The summed E-state index contributed by atoms with van der Waals surface area (Å²) in [7, 11) is 0. The molecule has 1 amide bonds. The molecule has 0 aliphatic carbocycles. The van der Waals surface area contributed by atoms with E-state index in [-0.39, 0.29) is 12.5 Å². The maximum Gasteiger partial charge on any atom is 0.234 e. The lowest BCUT2D eigenvalue weighted by atomic mass is 10.2. The number of nitrogens with one attached hydrogen (secondary N) is 1. The minimum Gasteiger partial charge on any atom is -0.399 e. The fraction of sp³-hybridized carbons (Fsp3) is 0.222. The molecule has 4 heteroatoms. The van der Waals surface area contributed by atoms with E-state index in [0.717, 1.165) is 5.56 Å². The highest BCUT2D eigenvalue weighted by atomic mass is 16.1. The first kappa shape index (κ1) is 9.54. The van der Waals surface area contributed by atoms with Crippen molar-refractivity contribution in [2.75, 3.05) is 12.3 Å². The van der Waals surface area contributed by atoms with Gasteiger partial charge in [0.15, 0.2) is 0 Å². The van der Waals surface area contributed by atoms with E-state index in [2.05, 4.69) is 5.32 Å². The Morgan fingerprint density at radius 1 is 1.46 bits per heavy atom. The SMILES string of the molecule is NCC(=O)NCc1cccc(N)c1. The average Bonchev–Trinajstić information content (AvgIpc) is 2.14. The molecule has 5 N–H and O–H groups in total. The predicted octanol–water partition coefficient (Wildman–Crippen LogP) is -0.156. The van der Waals surface area contributed by atoms with Crippen molar-refractivity contribution >= 4 is 11.6 Å². The first-order valence-corrected chi connectivity index (χ1v) is 4.03. The molecule has 1 rings (SSSR count). The molecular formula is C9H13N3O. The lowest BCUT2D eigenvalue weighted by Gasteiger charge is -2.03. The zero-order chi connectivity index (χ0) is 9.68. The van der Waals surface area contributed by atoms with E-state index in [1.165, 1.54) is 0 Å². The van der Waals surface area contributed by atoms with Gasteiger partial charge in [0, 0.05) is 12.2 Å². The molecule has 0 unspecified atom stereocenters. The molecule has 0 saturated carbocycles. The lowest BCUT2D eigenvalue weighted by Crippen LogP contribution is -2.29. The second kappa shape index (κ2) is 4.47. The Labute approximate surface area is 76.9 Å². The molecular weight excluding hydrogens is 166 g/mol. The largest absolute Gasteiger partial charge is 0.399 e. The minimum absolute atomic E-state index is 0.0162. The number of amides is 1. The van der Waals surface area contributed by atoms with Crippen LogP contribution in [0, 0.1) is 0 Å². The third-order valence-corrected chi connectivity index (χ3v) is 1.63. The summed E-state index contributed by atoms with van der Waals surface area (Å²) >= 11 is 0. The van der Waals surface area contributed by atoms with E-state index in [4.69, 9.17) is 11.5 Å². The maximum absolute atomic E-state index is 10.8. The molecule has 0 aromatic heterocycles. The van der Waals surface area contributed by atoms with Crippen LogP contribution in [-0.2, 0) is 11.3 Å². The van der Waals surface area contributed by atoms with Gasteiger partial charge in [-0.3, -0.25) is 4.79 Å². The smallest absolute Gasteiger partial charge is 0.234 e. The van der Waals surface area contributed by atoms with Crippen LogP contribution in [0.5, 0.6) is 0 Å². The standard InChI is InChI=1S/C9H13N3O/c10-5-9(13)12-6-7-2-1-3-8(11)4-7/h1-4H,5-6,10-11H2,(H,12,13). The Kier molecular flexibility index (Phi) is 3.28. The van der Waals surface area contributed by atoms with Gasteiger partial charge < -0.3 is 16.8 Å². The molecule has 0 heterocycles. The minimum atomic E-state index is -0.164. The summed E-state index contributed by atoms with van der Waals surface area (Å²) in [5, 5.41) is 2.66. The molecule has 4 nitrogen and oxygen atoms in total. The fourth-order valence-electron chi connectivity index (χ4n) is 0.976. The predicted molar refractivity (Wildman–Crippen MR) is 51.8 cm³/mol. The summed E-state index contributed by atoms with van der Waals surface area (Å²) in [5.41, 5.74) is 12.4. The number of carbonyl (C=O) groups excluding carboxylic acids is 1. The molecule has 13 heavy (non-hydrogen) atoms. The molecule has 0 fully saturated rings. The van der Waals surface area contributed by atoms with Crippen molar-refractivity contribution in [3.05, 3.63) is 29.8 Å². The molecule has 0 bridgehead atoms. The Bertz CT molecular complexity index is 299. The third kappa shape index (κ3) is 3.13. The highest BCUT2D eigenvalue weighted by Crippen LogP contribution is 2.05. The van der Waals surface area contributed by atoms with E-state index < -0.39 is 0 Å². The van der Waals surface area contributed by atoms with Crippen LogP contribution in [0.25, 0.3) is 0 Å². The van der Waals surface area contributed by atoms with Gasteiger partial charge >= 0.3 is 0 Å². The molecule has 0 aliphatic rings. The number of rotatable bonds is 3. The van der Waals surface area contributed by atoms with Crippen LogP contribution in [0.3, 0.4) is 0 Å². The number of carbonyl (C=O) groups is 1. The molecule has 0 saturated heterocycles. The number of hydrogen-bond donors (Lipinski definition) is 3. The second-order valence-electron chi connectivity index (χ2n) is 2.73. The fourth-order valence-corrected chi connectivity index (χ4v) is 0.976. The number of benzene rings is 1. The van der Waals surface area contributed by atoms with E-state index in [1.54, 1.807) is 6.07 Å². The van der Waals surface area contributed by atoms with Crippen LogP contribution >= 0.6 is 0 Å². The van der Waals surface area contributed by atoms with Gasteiger partial charge in [-0.15, -0.1) is 0 Å². The number of nitrogen functional groups attached to an aromatic ring is 1. The van der Waals surface area contributed by atoms with E-state index >= 15 is 0 Å². The van der Waals surface area contributed by atoms with Crippen LogP contribution in [0.1, 0.15) is 5.56 Å². The van der Waals surface area contributed by atoms with Crippen molar-refractivity contribution in [3.63, 3.8) is 0 Å². The van der Waals surface area contributed by atoms with Gasteiger partial charge in [-0.2, -0.15) is 0 Å². The Morgan fingerprint density at radius 3 is 2.85 bits per heavy atom. The summed E-state index contributed by atoms with van der Waals surface area (Å²) in [6.07, 6.45) is 0. The maximum atomic E-state index is 10.8. The highest BCUT2D eigenvalue weighted by Gasteiger charge is 1.97. The van der Waals surface area contributed by atoms with Crippen molar-refractivity contribution in [1.29, 1.82) is 0 Å². The third-order valence-electron chi connectivity index (χ3n) is 1.63. The molecule has 1 aromatic rings. The second-order valence-corrected chi connectivity index (χ2v) is 2.73. The lowest BCUT2D eigenvalue weighted by molar-refractivity contribution is -0.119. The number of anilines is 1. The van der Waals surface area contributed by atoms with Crippen LogP contribution in [0.15, 0.2) is 24.3 Å². The van der Waals surface area contributed by atoms with Gasteiger partial charge in [0.05, 0.1) is 6.54 Å². The van der Waals surface area contributed by atoms with Crippen LogP contribution in [-0.4, -0.2) is 12.5 Å². The normalized spacial score (nSPS) is 9.62. The molecule has 0 atom stereocenters. The first-order chi connectivity index (χ1) is 6.22. The van der Waals surface area contributed by atoms with Crippen molar-refractivity contribution in [3.8, 4) is 0 Å². The van der Waals surface area contributed by atoms with Crippen LogP contribution < -0.4 is 16.8 Å². The molecule has 70 valence electrons. The number of hydrogen-bond acceptors (Lipinski definition) is 3. The average molecular weight is 179 g/mol. The molecule has 0 spiro atoms. The van der Waals surface area contributed by atoms with Crippen molar-refractivity contribution in [2.24, 2.45) is 5.73 Å². The summed E-state index contributed by atoms with van der Waals surface area (Å²) < 4.78 is 0. The van der Waals surface area contributed by atoms with Gasteiger partial charge in [-0.05, 0) is 17.7 Å². The van der Waals surface area contributed by atoms with Gasteiger partial charge in [0.2, 0.25) is 5.91 Å². The Hall–Kier alpha value is -1.55. The monoisotopic (exact) mass is 179 g/mol. The summed E-state index contributed by atoms with van der Waals surface area (Å²) in [6, 6.07) is 7.36. The zero-order valence-corrected chi connectivity index (χ0v) is 7.29. The summed E-state index contributed by atoms with van der Waals surface area (Å²) in [5.74, 6) is -0.164. The van der Waals surface area contributed by atoms with E-state index in [9.17, 15) is 4.79 Å². The van der Waals surface area contributed by atoms with Gasteiger partial charge in [0.1, 0.15) is 0 Å². The quantitative estimate of drug-likeness (QED) is 0.564. The van der Waals surface area contributed by atoms with Crippen molar-refractivity contribution in [2.45, 2.75) is 6.54 Å². The highest BCUT2D eigenvalue weighted by molar-refractivity contribution is 5.77. The Morgan fingerprint density at radius 2 is 2.23 bits per heavy atom. The van der Waals surface area contributed by atoms with Gasteiger partial charge in [-0.25, -0.2) is 0 Å². The van der Waals surface area contributed by atoms with Crippen molar-refractivity contribution in [1.82, 2.24) is 5.32 Å². The van der Waals surface area contributed by atoms with Crippen molar-refractivity contribution < 1.29 is 4.79 Å². The van der Waals surface area contributed by atoms with Crippen LogP contribution in [0.4, 0.5) is 5.69 Å². The topological polar surface area (TPSA) is 81.1 Å². The summed E-state index contributed by atoms with van der Waals surface area (Å²) in [4.78, 5) is 10.8. The zero-order valence-electron chi connectivity index (χ0n) is 7.29. The molecule has 0 radical (unpaired) electrons. The first-order valence-electron chi connectivity index (χ1n) is 4.03. The van der Waals surface area contributed by atoms with E-state index in [0.29, 0.717) is 12.2 Å². The number of nitrogens with two attached hydrogens (primary N) is 2. The summed E-state index contributed by atoms with van der Waals surface area (Å²) in [6.45, 7) is 0.489. The van der Waals surface area contributed by atoms with Crippen LogP contribution in [0.2, 0.25) is 0 Å². The van der Waals surface area contributed by atoms with Gasteiger partial charge in [-0.1, -0.05) is 12.1 Å².